The topological polar surface area (TPSA) is 66.5 Å². The van der Waals surface area contributed by atoms with Gasteiger partial charge in [-0.1, -0.05) is 39.0 Å². The minimum atomic E-state index is -0.0320. The molecule has 3 nitrogen and oxygen atoms in total. The molecule has 3 heteroatoms. The lowest BCUT2D eigenvalue weighted by atomic mass is 9.77. The van der Waals surface area contributed by atoms with E-state index in [1.165, 1.54) is 25.7 Å². The molecule has 16 heavy (non-hydrogen) atoms. The van der Waals surface area contributed by atoms with Gasteiger partial charge in [0.15, 0.2) is 0 Å². The van der Waals surface area contributed by atoms with Gasteiger partial charge in [-0.3, -0.25) is 0 Å². The number of unbranched alkanes of at least 4 members (excludes halogenated alkanes) is 4. The van der Waals surface area contributed by atoms with Crippen LogP contribution < -0.4 is 5.73 Å². The summed E-state index contributed by atoms with van der Waals surface area (Å²) >= 11 is 0. The van der Waals surface area contributed by atoms with E-state index < -0.39 is 0 Å². The number of aliphatic hydroxyl groups is 2. The van der Waals surface area contributed by atoms with Crippen LogP contribution in [0.25, 0.3) is 0 Å². The fraction of sp³-hybridized carbons (Fsp3) is 1.00. The Morgan fingerprint density at radius 2 is 1.44 bits per heavy atom. The van der Waals surface area contributed by atoms with Gasteiger partial charge in [0.2, 0.25) is 0 Å². The molecule has 0 aliphatic rings. The molecule has 0 aromatic rings. The van der Waals surface area contributed by atoms with Gasteiger partial charge in [-0.2, -0.15) is 0 Å². The fourth-order valence-corrected chi connectivity index (χ4v) is 2.26. The Bertz CT molecular complexity index is 145. The summed E-state index contributed by atoms with van der Waals surface area (Å²) in [6.45, 7) is 3.13. The quantitative estimate of drug-likeness (QED) is 0.477. The number of aliphatic hydroxyl groups excluding tert-OH is 2. The predicted octanol–water partition coefficient (Wildman–Crippen LogP) is 2.06. The molecule has 0 aromatic carbocycles. The minimum Gasteiger partial charge on any atom is -0.396 e. The van der Waals surface area contributed by atoms with E-state index in [1.54, 1.807) is 0 Å². The Morgan fingerprint density at radius 1 is 0.875 bits per heavy atom. The van der Waals surface area contributed by atoms with E-state index in [4.69, 9.17) is 15.9 Å². The van der Waals surface area contributed by atoms with Crippen molar-refractivity contribution < 1.29 is 10.2 Å². The summed E-state index contributed by atoms with van der Waals surface area (Å²) in [5.41, 5.74) is 5.77. The zero-order valence-corrected chi connectivity index (χ0v) is 10.7. The van der Waals surface area contributed by atoms with Crippen molar-refractivity contribution in [2.45, 2.75) is 58.3 Å². The van der Waals surface area contributed by atoms with Gasteiger partial charge >= 0.3 is 0 Å². The van der Waals surface area contributed by atoms with E-state index in [0.717, 1.165) is 25.7 Å². The average molecular weight is 231 g/mol. The van der Waals surface area contributed by atoms with E-state index in [9.17, 15) is 0 Å². The molecule has 0 atom stereocenters. The molecular weight excluding hydrogens is 202 g/mol. The Hall–Kier alpha value is -0.120. The van der Waals surface area contributed by atoms with E-state index in [1.807, 2.05) is 0 Å². The number of hydrogen-bond donors (Lipinski definition) is 3. The molecule has 0 bridgehead atoms. The summed E-state index contributed by atoms with van der Waals surface area (Å²) in [4.78, 5) is 0. The molecule has 0 fully saturated rings. The van der Waals surface area contributed by atoms with Crippen LogP contribution in [0.2, 0.25) is 0 Å². The first-order chi connectivity index (χ1) is 7.74. The maximum absolute atomic E-state index is 9.06. The number of hydrogen-bond acceptors (Lipinski definition) is 3. The van der Waals surface area contributed by atoms with Crippen LogP contribution in [0.1, 0.15) is 58.3 Å². The van der Waals surface area contributed by atoms with Gasteiger partial charge in [0.05, 0.1) is 0 Å². The monoisotopic (exact) mass is 231 g/mol. The van der Waals surface area contributed by atoms with Crippen LogP contribution in [0.5, 0.6) is 0 Å². The minimum absolute atomic E-state index is 0.0320. The Labute approximate surface area is 100 Å². The standard InChI is InChI=1S/C13H29NO2/c1-2-3-4-5-6-7-13(12-14,8-10-15)9-11-16/h15-16H,2-12,14H2,1H3. The first kappa shape index (κ1) is 15.9. The molecule has 0 rings (SSSR count). The van der Waals surface area contributed by atoms with Crippen molar-refractivity contribution in [3.05, 3.63) is 0 Å². The summed E-state index contributed by atoms with van der Waals surface area (Å²) < 4.78 is 0. The lowest BCUT2D eigenvalue weighted by Gasteiger charge is -2.31. The lowest BCUT2D eigenvalue weighted by molar-refractivity contribution is 0.127. The highest BCUT2D eigenvalue weighted by Crippen LogP contribution is 2.31. The summed E-state index contributed by atoms with van der Waals surface area (Å²) in [5, 5.41) is 18.1. The maximum atomic E-state index is 9.06. The molecule has 0 unspecified atom stereocenters. The molecule has 98 valence electrons. The molecule has 4 N–H and O–H groups in total. The van der Waals surface area contributed by atoms with Gasteiger partial charge < -0.3 is 15.9 Å². The number of nitrogens with two attached hydrogens (primary N) is 1. The molecular formula is C13H29NO2. The van der Waals surface area contributed by atoms with Crippen molar-refractivity contribution >= 4 is 0 Å². The van der Waals surface area contributed by atoms with Crippen molar-refractivity contribution in [3.63, 3.8) is 0 Å². The van der Waals surface area contributed by atoms with Gasteiger partial charge in [-0.15, -0.1) is 0 Å². The van der Waals surface area contributed by atoms with Gasteiger partial charge in [-0.05, 0) is 31.2 Å². The van der Waals surface area contributed by atoms with Crippen molar-refractivity contribution in [1.29, 1.82) is 0 Å². The van der Waals surface area contributed by atoms with E-state index in [2.05, 4.69) is 6.92 Å². The summed E-state index contributed by atoms with van der Waals surface area (Å²) in [6.07, 6.45) is 8.73. The van der Waals surface area contributed by atoms with Gasteiger partial charge in [-0.25, -0.2) is 0 Å². The van der Waals surface area contributed by atoms with Crippen LogP contribution in [0.3, 0.4) is 0 Å². The van der Waals surface area contributed by atoms with Crippen LogP contribution in [0, 0.1) is 5.41 Å². The summed E-state index contributed by atoms with van der Waals surface area (Å²) in [7, 11) is 0. The maximum Gasteiger partial charge on any atom is 0.0436 e. The van der Waals surface area contributed by atoms with Crippen LogP contribution in [0.4, 0.5) is 0 Å². The van der Waals surface area contributed by atoms with Crippen LogP contribution in [0.15, 0.2) is 0 Å². The third-order valence-electron chi connectivity index (χ3n) is 3.53. The molecule has 0 aliphatic carbocycles. The molecule has 0 heterocycles. The highest BCUT2D eigenvalue weighted by atomic mass is 16.3. The average Bonchev–Trinajstić information content (AvgIpc) is 2.29. The first-order valence-electron chi connectivity index (χ1n) is 6.66. The van der Waals surface area contributed by atoms with Crippen molar-refractivity contribution in [2.75, 3.05) is 19.8 Å². The molecule has 0 radical (unpaired) electrons. The van der Waals surface area contributed by atoms with Gasteiger partial charge in [0.25, 0.3) is 0 Å². The van der Waals surface area contributed by atoms with E-state index in [0.29, 0.717) is 6.54 Å². The van der Waals surface area contributed by atoms with E-state index in [-0.39, 0.29) is 18.6 Å². The molecule has 0 amide bonds. The Morgan fingerprint density at radius 3 is 1.88 bits per heavy atom. The highest BCUT2D eigenvalue weighted by Gasteiger charge is 2.26. The third kappa shape index (κ3) is 6.46. The molecule has 0 saturated heterocycles. The smallest absolute Gasteiger partial charge is 0.0436 e. The Kier molecular flexibility index (Phi) is 9.99. The zero-order chi connectivity index (χ0) is 12.3. The third-order valence-corrected chi connectivity index (χ3v) is 3.53. The SMILES string of the molecule is CCCCCCCC(CN)(CCO)CCO. The second kappa shape index (κ2) is 10.1. The van der Waals surface area contributed by atoms with E-state index >= 15 is 0 Å². The fourth-order valence-electron chi connectivity index (χ4n) is 2.26. The second-order valence-corrected chi connectivity index (χ2v) is 4.82. The second-order valence-electron chi connectivity index (χ2n) is 4.82. The Balaban J connectivity index is 3.89. The molecule has 0 saturated carbocycles. The van der Waals surface area contributed by atoms with Crippen LogP contribution >= 0.6 is 0 Å². The molecule has 0 spiro atoms. The first-order valence-corrected chi connectivity index (χ1v) is 6.66. The largest absolute Gasteiger partial charge is 0.396 e. The van der Waals surface area contributed by atoms with Crippen LogP contribution in [-0.4, -0.2) is 30.0 Å². The normalized spacial score (nSPS) is 12.0. The summed E-state index contributed by atoms with van der Waals surface area (Å²) in [6, 6.07) is 0. The van der Waals surface area contributed by atoms with Crippen molar-refractivity contribution in [2.24, 2.45) is 11.1 Å². The van der Waals surface area contributed by atoms with Crippen LogP contribution in [-0.2, 0) is 0 Å². The van der Waals surface area contributed by atoms with Crippen molar-refractivity contribution in [3.8, 4) is 0 Å². The lowest BCUT2D eigenvalue weighted by Crippen LogP contribution is -2.32. The van der Waals surface area contributed by atoms with Crippen molar-refractivity contribution in [1.82, 2.24) is 0 Å². The summed E-state index contributed by atoms with van der Waals surface area (Å²) in [5.74, 6) is 0. The highest BCUT2D eigenvalue weighted by molar-refractivity contribution is 4.80. The number of rotatable bonds is 11. The van der Waals surface area contributed by atoms with Gasteiger partial charge in [0.1, 0.15) is 0 Å². The predicted molar refractivity (Wildman–Crippen MR) is 68.3 cm³/mol. The molecule has 0 aromatic heterocycles. The van der Waals surface area contributed by atoms with Gasteiger partial charge in [0, 0.05) is 13.2 Å². The molecule has 0 aliphatic heterocycles. The zero-order valence-electron chi connectivity index (χ0n) is 10.7.